The molecule has 0 unspecified atom stereocenters. The molecule has 0 spiro atoms. The summed E-state index contributed by atoms with van der Waals surface area (Å²) in [7, 11) is -0.892. The van der Waals surface area contributed by atoms with Crippen LogP contribution in [0.15, 0.2) is 273 Å². The molecule has 0 aliphatic carbocycles. The average molecular weight is 923 g/mol. The zero-order valence-corrected chi connectivity index (χ0v) is 37.7. The van der Waals surface area contributed by atoms with Gasteiger partial charge in [0.15, 0.2) is 0 Å². The Morgan fingerprint density at radius 3 is 0.508 bits per heavy atom. The molecule has 0 fully saturated rings. The fourth-order valence-corrected chi connectivity index (χ4v) is 15.0. The second-order valence-electron chi connectivity index (χ2n) is 13.3. The number of hydrogen-bond acceptors (Lipinski definition) is 0. The first-order chi connectivity index (χ1) is 28.7. The quantitative estimate of drug-likeness (QED) is 0.1000. The Hall–Kier alpha value is -4.82. The van der Waals surface area contributed by atoms with Crippen LogP contribution in [-0.2, 0) is 19.5 Å². The van der Waals surface area contributed by atoms with Crippen LogP contribution in [0.2, 0.25) is 0 Å². The third kappa shape index (κ3) is 11.7. The van der Waals surface area contributed by atoms with Crippen LogP contribution in [-0.4, -0.2) is 0 Å². The van der Waals surface area contributed by atoms with E-state index >= 15 is 0 Å². The summed E-state index contributed by atoms with van der Waals surface area (Å²) in [4.78, 5) is 0. The van der Waals surface area contributed by atoms with E-state index in [2.05, 4.69) is 255 Å². The van der Waals surface area contributed by atoms with E-state index in [9.17, 15) is 0 Å². The summed E-state index contributed by atoms with van der Waals surface area (Å²) in [6, 6.07) is 95.8. The summed E-state index contributed by atoms with van der Waals surface area (Å²) in [5, 5.41) is 12.0. The van der Waals surface area contributed by atoms with E-state index < -0.39 is 22.5 Å². The minimum absolute atomic E-state index is 0. The number of rotatable bonds is 9. The third-order valence-corrected chi connectivity index (χ3v) is 19.1. The van der Waals surface area contributed by atoms with Crippen molar-refractivity contribution in [3.63, 3.8) is 0 Å². The van der Waals surface area contributed by atoms with E-state index in [0.717, 1.165) is 0 Å². The van der Waals surface area contributed by atoms with E-state index in [4.69, 9.17) is 11.2 Å². The Kier molecular flexibility index (Phi) is 17.1. The van der Waals surface area contributed by atoms with Crippen LogP contribution in [0, 0.1) is 0 Å². The summed E-state index contributed by atoms with van der Waals surface area (Å²) >= 11 is 7.23. The van der Waals surface area contributed by atoms with E-state index in [1.807, 2.05) is 18.2 Å². The second kappa shape index (κ2) is 23.1. The smallest absolute Gasteiger partial charge is 0.0622 e. The van der Waals surface area contributed by atoms with Crippen LogP contribution in [0.3, 0.4) is 0 Å². The predicted octanol–water partition coefficient (Wildman–Crippen LogP) is 11.0. The van der Waals surface area contributed by atoms with Crippen molar-refractivity contribution in [2.75, 3.05) is 0 Å². The molecule has 0 atom stereocenters. The van der Waals surface area contributed by atoms with E-state index in [0.29, 0.717) is 0 Å². The van der Waals surface area contributed by atoms with Crippen LogP contribution < -0.4 is 47.7 Å². The maximum atomic E-state index is 7.23. The Morgan fingerprint density at radius 1 is 0.220 bits per heavy atom. The molecule has 9 rings (SSSR count). The molecule has 0 saturated heterocycles. The first kappa shape index (κ1) is 43.8. The van der Waals surface area contributed by atoms with Crippen molar-refractivity contribution in [1.29, 1.82) is 0 Å². The van der Waals surface area contributed by atoms with Crippen molar-refractivity contribution in [3.8, 4) is 0 Å². The SMILES string of the molecule is Cl[P+](c1ccccc1)(c1ccccc1)c1ccccc1.[Ru].c1ccc(P(c2ccccc2)c2ccccc2)cc1.c1ccc(P(c2ccccc2)c2ccccc2)cc1. The minimum atomic E-state index is -2.05. The van der Waals surface area contributed by atoms with Crippen LogP contribution in [0.4, 0.5) is 0 Å². The van der Waals surface area contributed by atoms with Crippen LogP contribution in [0.1, 0.15) is 0 Å². The molecule has 0 heterocycles. The monoisotopic (exact) mass is 923 g/mol. The molecule has 5 heteroatoms. The van der Waals surface area contributed by atoms with Gasteiger partial charge < -0.3 is 0 Å². The Labute approximate surface area is 371 Å². The topological polar surface area (TPSA) is 0 Å². The average Bonchev–Trinajstić information content (AvgIpc) is 3.32. The van der Waals surface area contributed by atoms with Gasteiger partial charge in [0.25, 0.3) is 0 Å². The van der Waals surface area contributed by atoms with Gasteiger partial charge in [0.1, 0.15) is 27.2 Å². The van der Waals surface area contributed by atoms with Crippen LogP contribution >= 0.6 is 33.7 Å². The molecule has 0 aromatic heterocycles. The van der Waals surface area contributed by atoms with Gasteiger partial charge in [0, 0.05) is 19.5 Å². The number of halogens is 1. The zero-order valence-electron chi connectivity index (χ0n) is 32.6. The molecule has 0 nitrogen and oxygen atoms in total. The van der Waals surface area contributed by atoms with Crippen LogP contribution in [0.25, 0.3) is 0 Å². The molecule has 0 saturated carbocycles. The summed E-state index contributed by atoms with van der Waals surface area (Å²) in [5.74, 6) is 0. The van der Waals surface area contributed by atoms with Gasteiger partial charge in [-0.25, -0.2) is 0 Å². The summed E-state index contributed by atoms with van der Waals surface area (Å²) in [6.45, 7) is -2.05. The molecule has 0 amide bonds. The van der Waals surface area contributed by atoms with Crippen molar-refractivity contribution in [1.82, 2.24) is 0 Å². The van der Waals surface area contributed by atoms with E-state index in [-0.39, 0.29) is 19.5 Å². The third-order valence-electron chi connectivity index (χ3n) is 9.42. The first-order valence-electron chi connectivity index (χ1n) is 19.4. The van der Waals surface area contributed by atoms with Gasteiger partial charge >= 0.3 is 0 Å². The van der Waals surface area contributed by atoms with E-state index in [1.54, 1.807) is 0 Å². The molecule has 59 heavy (non-hydrogen) atoms. The minimum Gasteiger partial charge on any atom is -0.0622 e. The fraction of sp³-hybridized carbons (Fsp3) is 0. The second-order valence-corrected chi connectivity index (χ2v) is 22.0. The Bertz CT molecular complexity index is 2080. The van der Waals surface area contributed by atoms with Crippen molar-refractivity contribution >= 4 is 81.4 Å². The molecule has 0 bridgehead atoms. The molecular weight excluding hydrogens is 878 g/mol. The van der Waals surface area contributed by atoms with Crippen molar-refractivity contribution < 1.29 is 19.5 Å². The van der Waals surface area contributed by atoms with E-state index in [1.165, 1.54) is 47.7 Å². The largest absolute Gasteiger partial charge is 0.210 e. The van der Waals surface area contributed by atoms with Gasteiger partial charge in [-0.3, -0.25) is 0 Å². The number of benzene rings is 9. The van der Waals surface area contributed by atoms with Crippen LogP contribution in [0.5, 0.6) is 0 Å². The number of hydrogen-bond donors (Lipinski definition) is 0. The predicted molar refractivity (Wildman–Crippen MR) is 261 cm³/mol. The summed E-state index contributed by atoms with van der Waals surface area (Å²) < 4.78 is 0. The van der Waals surface area contributed by atoms with Crippen molar-refractivity contribution in [2.24, 2.45) is 0 Å². The van der Waals surface area contributed by atoms with Gasteiger partial charge in [-0.05, 0) is 84.1 Å². The van der Waals surface area contributed by atoms with Gasteiger partial charge in [0.2, 0.25) is 6.62 Å². The molecule has 0 N–H and O–H groups in total. The van der Waals surface area contributed by atoms with Crippen molar-refractivity contribution in [2.45, 2.75) is 0 Å². The molecule has 9 aromatic rings. The molecule has 9 aromatic carbocycles. The normalized spacial score (nSPS) is 10.6. The van der Waals surface area contributed by atoms with Gasteiger partial charge in [0.05, 0.1) is 0 Å². The van der Waals surface area contributed by atoms with Gasteiger partial charge in [-0.2, -0.15) is 0 Å². The molecule has 0 aliphatic heterocycles. The van der Waals surface area contributed by atoms with Gasteiger partial charge in [-0.1, -0.05) is 237 Å². The maximum absolute atomic E-state index is 7.23. The van der Waals surface area contributed by atoms with Gasteiger partial charge in [-0.15, -0.1) is 0 Å². The molecular formula is C54H45ClP3Ru+. The first-order valence-corrected chi connectivity index (χ1v) is 24.8. The Morgan fingerprint density at radius 2 is 0.356 bits per heavy atom. The molecule has 0 radical (unpaired) electrons. The maximum Gasteiger partial charge on any atom is 0.210 e. The zero-order chi connectivity index (χ0) is 39.7. The molecule has 0 aliphatic rings. The summed E-state index contributed by atoms with van der Waals surface area (Å²) in [6.07, 6.45) is 0. The summed E-state index contributed by atoms with van der Waals surface area (Å²) in [5.41, 5.74) is 0. The standard InChI is InChI=1S/C18H15ClP.2C18H15P.Ru/c19-20(16-10-4-1-5-11-16,17-12-6-2-7-13-17)18-14-8-3-9-15-18;2*1-4-10-16(11-5-1)19(17-12-6-2-7-13-17)18-14-8-3-9-15-18;/h1-15H;2*1-15H;/q+1;;;. The molecule has 290 valence electrons. The fourth-order valence-electron chi connectivity index (χ4n) is 6.70. The van der Waals surface area contributed by atoms with Crippen molar-refractivity contribution in [3.05, 3.63) is 273 Å². The Balaban J connectivity index is 0.000000148.